The van der Waals surface area contributed by atoms with Gasteiger partial charge in [0.05, 0.1) is 0 Å². The predicted octanol–water partition coefficient (Wildman–Crippen LogP) is 6.44. The Bertz CT molecular complexity index is 1370. The molecule has 1 saturated heterocycles. The number of hydrogen-bond acceptors (Lipinski definition) is 5. The Labute approximate surface area is 224 Å². The van der Waals surface area contributed by atoms with Crippen molar-refractivity contribution in [2.75, 3.05) is 38.5 Å². The van der Waals surface area contributed by atoms with E-state index in [0.717, 1.165) is 66.3 Å². The van der Waals surface area contributed by atoms with Crippen LogP contribution in [0.5, 0.6) is 0 Å². The average molecular weight is 515 g/mol. The van der Waals surface area contributed by atoms with Gasteiger partial charge in [0.25, 0.3) is 0 Å². The number of piperazine rings is 1. The fourth-order valence-electron chi connectivity index (χ4n) is 5.70. The summed E-state index contributed by atoms with van der Waals surface area (Å²) in [6.45, 7) is 5.49. The van der Waals surface area contributed by atoms with Gasteiger partial charge in [-0.2, -0.15) is 0 Å². The molecule has 6 rings (SSSR count). The maximum Gasteiger partial charge on any atom is 0.137 e. The molecule has 1 saturated carbocycles. The monoisotopic (exact) mass is 514 g/mol. The van der Waals surface area contributed by atoms with E-state index in [4.69, 9.17) is 16.6 Å². The van der Waals surface area contributed by atoms with Gasteiger partial charge in [0.1, 0.15) is 16.6 Å². The highest BCUT2D eigenvalue weighted by atomic mass is 35.5. The number of aromatic amines is 1. The summed E-state index contributed by atoms with van der Waals surface area (Å²) >= 11 is 6.48. The van der Waals surface area contributed by atoms with Crippen LogP contribution in [0.2, 0.25) is 5.15 Å². The van der Waals surface area contributed by atoms with Crippen LogP contribution >= 0.6 is 11.6 Å². The van der Waals surface area contributed by atoms with Crippen molar-refractivity contribution in [2.45, 2.75) is 44.7 Å². The van der Waals surface area contributed by atoms with Gasteiger partial charge in [-0.1, -0.05) is 49.1 Å². The Morgan fingerprint density at radius 3 is 2.65 bits per heavy atom. The molecule has 2 aliphatic rings. The number of benzene rings is 1. The fraction of sp³-hybridized carbons (Fsp3) is 0.400. The SMILES string of the molecule is CN1CCN(Cc2cccc(-c3cnc4[nH]cc(-c5cc(Cl)nc(NC6CCCCC6)c5)c4c3)c2)CC1. The molecular formula is C30H35ClN6. The number of fused-ring (bicyclic) bond motifs is 1. The number of nitrogens with one attached hydrogen (secondary N) is 2. The lowest BCUT2D eigenvalue weighted by atomic mass is 9.95. The molecule has 37 heavy (non-hydrogen) atoms. The van der Waals surface area contributed by atoms with Crippen molar-refractivity contribution in [1.29, 1.82) is 0 Å². The van der Waals surface area contributed by atoms with Gasteiger partial charge in [-0.15, -0.1) is 0 Å². The third-order valence-corrected chi connectivity index (χ3v) is 8.05. The quantitative estimate of drug-likeness (QED) is 0.290. The van der Waals surface area contributed by atoms with Crippen molar-refractivity contribution < 1.29 is 0 Å². The van der Waals surface area contributed by atoms with Gasteiger partial charge in [-0.05, 0) is 60.8 Å². The highest BCUT2D eigenvalue weighted by Gasteiger charge is 2.17. The first-order chi connectivity index (χ1) is 18.1. The van der Waals surface area contributed by atoms with Crippen LogP contribution in [-0.2, 0) is 6.54 Å². The van der Waals surface area contributed by atoms with Crippen molar-refractivity contribution in [3.63, 3.8) is 0 Å². The molecule has 0 spiro atoms. The highest BCUT2D eigenvalue weighted by Crippen LogP contribution is 2.34. The van der Waals surface area contributed by atoms with E-state index in [1.54, 1.807) is 0 Å². The Morgan fingerprint density at radius 1 is 0.973 bits per heavy atom. The first-order valence-electron chi connectivity index (χ1n) is 13.5. The molecule has 192 valence electrons. The Morgan fingerprint density at radius 2 is 1.81 bits per heavy atom. The Balaban J connectivity index is 1.27. The summed E-state index contributed by atoms with van der Waals surface area (Å²) in [6.07, 6.45) is 10.3. The van der Waals surface area contributed by atoms with E-state index < -0.39 is 0 Å². The van der Waals surface area contributed by atoms with Gasteiger partial charge in [-0.25, -0.2) is 9.97 Å². The van der Waals surface area contributed by atoms with Crippen LogP contribution in [0, 0.1) is 0 Å². The molecule has 0 bridgehead atoms. The molecule has 1 aliphatic carbocycles. The number of H-pyrrole nitrogens is 1. The van der Waals surface area contributed by atoms with E-state index in [9.17, 15) is 0 Å². The van der Waals surface area contributed by atoms with Crippen molar-refractivity contribution in [3.8, 4) is 22.3 Å². The van der Waals surface area contributed by atoms with Crippen LogP contribution in [0.4, 0.5) is 5.82 Å². The third kappa shape index (κ3) is 5.66. The van der Waals surface area contributed by atoms with E-state index in [1.807, 2.05) is 18.5 Å². The second-order valence-corrected chi connectivity index (χ2v) is 11.0. The lowest BCUT2D eigenvalue weighted by Crippen LogP contribution is -2.43. The average Bonchev–Trinajstić information content (AvgIpc) is 3.34. The summed E-state index contributed by atoms with van der Waals surface area (Å²) in [4.78, 5) is 17.6. The fourth-order valence-corrected chi connectivity index (χ4v) is 5.90. The lowest BCUT2D eigenvalue weighted by molar-refractivity contribution is 0.148. The number of rotatable bonds is 6. The number of hydrogen-bond donors (Lipinski definition) is 2. The van der Waals surface area contributed by atoms with Crippen LogP contribution in [0.3, 0.4) is 0 Å². The van der Waals surface area contributed by atoms with Gasteiger partial charge in [0.2, 0.25) is 0 Å². The number of halogens is 1. The largest absolute Gasteiger partial charge is 0.367 e. The zero-order valence-electron chi connectivity index (χ0n) is 21.5. The summed E-state index contributed by atoms with van der Waals surface area (Å²) in [7, 11) is 2.20. The number of nitrogens with zero attached hydrogens (tertiary/aromatic N) is 4. The molecule has 1 aromatic carbocycles. The molecule has 1 aliphatic heterocycles. The second-order valence-electron chi connectivity index (χ2n) is 10.6. The molecule has 3 aromatic heterocycles. The van der Waals surface area contributed by atoms with Crippen LogP contribution in [0.1, 0.15) is 37.7 Å². The van der Waals surface area contributed by atoms with Gasteiger partial charge in [0.15, 0.2) is 0 Å². The van der Waals surface area contributed by atoms with Gasteiger partial charge in [-0.3, -0.25) is 4.90 Å². The highest BCUT2D eigenvalue weighted by molar-refractivity contribution is 6.29. The van der Waals surface area contributed by atoms with Gasteiger partial charge < -0.3 is 15.2 Å². The molecule has 7 heteroatoms. The Hall–Kier alpha value is -2.93. The zero-order chi connectivity index (χ0) is 25.2. The molecule has 2 fully saturated rings. The Kier molecular flexibility index (Phi) is 7.14. The molecule has 0 atom stereocenters. The normalized spacial score (nSPS) is 17.9. The molecule has 0 radical (unpaired) electrons. The summed E-state index contributed by atoms with van der Waals surface area (Å²) in [5.74, 6) is 0.851. The topological polar surface area (TPSA) is 60.1 Å². The lowest BCUT2D eigenvalue weighted by Gasteiger charge is -2.32. The van der Waals surface area contributed by atoms with Crippen molar-refractivity contribution in [3.05, 3.63) is 65.6 Å². The van der Waals surface area contributed by atoms with Crippen molar-refractivity contribution >= 4 is 28.5 Å². The maximum atomic E-state index is 6.48. The minimum atomic E-state index is 0.474. The van der Waals surface area contributed by atoms with E-state index >= 15 is 0 Å². The van der Waals surface area contributed by atoms with Crippen molar-refractivity contribution in [2.24, 2.45) is 0 Å². The summed E-state index contributed by atoms with van der Waals surface area (Å²) in [5, 5.41) is 5.22. The maximum absolute atomic E-state index is 6.48. The molecule has 4 heterocycles. The summed E-state index contributed by atoms with van der Waals surface area (Å²) in [5.41, 5.74) is 6.67. The standard InChI is InChI=1S/C30H35ClN6/c1-36-10-12-37(13-11-36)20-21-6-5-7-22(14-21)24-15-26-27(19-33-30(26)32-18-24)23-16-28(31)35-29(17-23)34-25-8-3-2-4-9-25/h5-7,14-19,25H,2-4,8-13,20H2,1H3,(H,32,33)(H,34,35). The summed E-state index contributed by atoms with van der Waals surface area (Å²) in [6, 6.07) is 15.7. The van der Waals surface area contributed by atoms with Gasteiger partial charge >= 0.3 is 0 Å². The van der Waals surface area contributed by atoms with Crippen LogP contribution < -0.4 is 5.32 Å². The van der Waals surface area contributed by atoms with Crippen LogP contribution in [-0.4, -0.2) is 64.0 Å². The second kappa shape index (κ2) is 10.8. The van der Waals surface area contributed by atoms with E-state index in [1.165, 1.54) is 43.2 Å². The van der Waals surface area contributed by atoms with E-state index in [0.29, 0.717) is 11.2 Å². The molecule has 2 N–H and O–H groups in total. The molecule has 0 unspecified atom stereocenters. The first kappa shape index (κ1) is 24.4. The zero-order valence-corrected chi connectivity index (χ0v) is 22.3. The number of likely N-dealkylation sites (N-methyl/N-ethyl adjacent to an activating group) is 1. The number of anilines is 1. The van der Waals surface area contributed by atoms with Crippen molar-refractivity contribution in [1.82, 2.24) is 24.8 Å². The number of aromatic nitrogens is 3. The van der Waals surface area contributed by atoms with Crippen LogP contribution in [0.25, 0.3) is 33.3 Å². The van der Waals surface area contributed by atoms with Crippen LogP contribution in [0.15, 0.2) is 54.9 Å². The molecule has 6 nitrogen and oxygen atoms in total. The van der Waals surface area contributed by atoms with Gasteiger partial charge in [0, 0.05) is 67.7 Å². The molecule has 0 amide bonds. The summed E-state index contributed by atoms with van der Waals surface area (Å²) < 4.78 is 0. The van der Waals surface area contributed by atoms with E-state index in [2.05, 4.69) is 68.5 Å². The molecule has 4 aromatic rings. The minimum Gasteiger partial charge on any atom is -0.367 e. The molecular weight excluding hydrogens is 480 g/mol. The third-order valence-electron chi connectivity index (χ3n) is 7.86. The van der Waals surface area contributed by atoms with E-state index in [-0.39, 0.29) is 0 Å². The number of pyridine rings is 2. The predicted molar refractivity (Wildman–Crippen MR) is 153 cm³/mol. The smallest absolute Gasteiger partial charge is 0.137 e. The minimum absolute atomic E-state index is 0.474. The first-order valence-corrected chi connectivity index (χ1v) is 13.9.